The first-order chi connectivity index (χ1) is 7.69. The highest BCUT2D eigenvalue weighted by atomic mass is 32.1. The van der Waals surface area contributed by atoms with Crippen molar-refractivity contribution < 1.29 is 14.6 Å². The molecule has 1 rings (SSSR count). The average molecular weight is 241 g/mol. The Morgan fingerprint density at radius 2 is 2.12 bits per heavy atom. The molecule has 0 amide bonds. The fraction of sp³-hybridized carbons (Fsp3) is 0.364. The van der Waals surface area contributed by atoms with Crippen molar-refractivity contribution in [2.24, 2.45) is 0 Å². The van der Waals surface area contributed by atoms with Crippen LogP contribution >= 0.6 is 12.6 Å². The lowest BCUT2D eigenvalue weighted by Crippen LogP contribution is -2.41. The molecule has 1 aromatic carbocycles. The van der Waals surface area contributed by atoms with Crippen LogP contribution in [0.4, 0.5) is 0 Å². The minimum Gasteiger partial charge on any atom is -0.480 e. The van der Waals surface area contributed by atoms with E-state index in [1.165, 1.54) is 7.11 Å². The summed E-state index contributed by atoms with van der Waals surface area (Å²) in [7, 11) is 1.53. The number of rotatable bonds is 6. The molecule has 2 atom stereocenters. The van der Waals surface area contributed by atoms with E-state index in [2.05, 4.69) is 17.9 Å². The molecule has 0 aliphatic rings. The van der Waals surface area contributed by atoms with Crippen LogP contribution in [0.5, 0.6) is 0 Å². The van der Waals surface area contributed by atoms with Gasteiger partial charge in [0.15, 0.2) is 0 Å². The summed E-state index contributed by atoms with van der Waals surface area (Å²) in [6, 6.07) is 8.66. The standard InChI is InChI=1S/C11H15NO3S/c1-15-10(8-5-3-2-4-6-8)12-9(7-16)11(13)14/h2-6,9-10,12,16H,7H2,1H3,(H,13,14)/t9-,10?/m1/s1. The number of aliphatic carboxylic acids is 1. The molecule has 0 fully saturated rings. The summed E-state index contributed by atoms with van der Waals surface area (Å²) in [5, 5.41) is 11.8. The Balaban J connectivity index is 2.72. The van der Waals surface area contributed by atoms with Gasteiger partial charge in [-0.1, -0.05) is 30.3 Å². The molecule has 1 aromatic rings. The van der Waals surface area contributed by atoms with Gasteiger partial charge < -0.3 is 9.84 Å². The van der Waals surface area contributed by atoms with E-state index in [1.807, 2.05) is 30.3 Å². The Kier molecular flexibility index (Phi) is 5.31. The summed E-state index contributed by atoms with van der Waals surface area (Å²) < 4.78 is 5.21. The predicted molar refractivity (Wildman–Crippen MR) is 64.6 cm³/mol. The van der Waals surface area contributed by atoms with Crippen molar-refractivity contribution in [1.29, 1.82) is 0 Å². The van der Waals surface area contributed by atoms with Crippen molar-refractivity contribution in [3.8, 4) is 0 Å². The maximum Gasteiger partial charge on any atom is 0.321 e. The fourth-order valence-corrected chi connectivity index (χ4v) is 1.57. The van der Waals surface area contributed by atoms with Gasteiger partial charge in [0.05, 0.1) is 0 Å². The van der Waals surface area contributed by atoms with Crippen LogP contribution in [0, 0.1) is 0 Å². The number of benzene rings is 1. The molecule has 0 heterocycles. The van der Waals surface area contributed by atoms with Crippen LogP contribution in [0.1, 0.15) is 11.8 Å². The summed E-state index contributed by atoms with van der Waals surface area (Å²) >= 11 is 3.98. The molecule has 4 nitrogen and oxygen atoms in total. The van der Waals surface area contributed by atoms with E-state index in [0.29, 0.717) is 0 Å². The first kappa shape index (κ1) is 13.0. The molecule has 0 saturated heterocycles. The molecule has 2 N–H and O–H groups in total. The number of carbonyl (C=O) groups is 1. The predicted octanol–water partition coefficient (Wildman–Crippen LogP) is 1.30. The van der Waals surface area contributed by atoms with Crippen LogP contribution in [-0.4, -0.2) is 30.0 Å². The second-order valence-electron chi connectivity index (χ2n) is 3.27. The van der Waals surface area contributed by atoms with Gasteiger partial charge in [-0.25, -0.2) is 0 Å². The van der Waals surface area contributed by atoms with Crippen molar-refractivity contribution in [3.63, 3.8) is 0 Å². The van der Waals surface area contributed by atoms with Gasteiger partial charge in [0.25, 0.3) is 0 Å². The average Bonchev–Trinajstić information content (AvgIpc) is 2.31. The zero-order chi connectivity index (χ0) is 12.0. The van der Waals surface area contributed by atoms with E-state index in [-0.39, 0.29) is 5.75 Å². The van der Waals surface area contributed by atoms with Gasteiger partial charge in [-0.3, -0.25) is 10.1 Å². The smallest absolute Gasteiger partial charge is 0.321 e. The number of carboxylic acid groups (broad SMARTS) is 1. The van der Waals surface area contributed by atoms with Gasteiger partial charge in [-0.2, -0.15) is 12.6 Å². The molecule has 16 heavy (non-hydrogen) atoms. The third-order valence-electron chi connectivity index (χ3n) is 2.17. The number of ether oxygens (including phenoxy) is 1. The van der Waals surface area contributed by atoms with Gasteiger partial charge in [0, 0.05) is 12.9 Å². The van der Waals surface area contributed by atoms with Crippen molar-refractivity contribution in [2.75, 3.05) is 12.9 Å². The summed E-state index contributed by atoms with van der Waals surface area (Å²) in [4.78, 5) is 10.8. The molecule has 0 aromatic heterocycles. The monoisotopic (exact) mass is 241 g/mol. The molecule has 0 bridgehead atoms. The third kappa shape index (κ3) is 3.52. The number of hydrogen-bond donors (Lipinski definition) is 3. The van der Waals surface area contributed by atoms with Gasteiger partial charge >= 0.3 is 5.97 Å². The highest BCUT2D eigenvalue weighted by molar-refractivity contribution is 7.80. The highest BCUT2D eigenvalue weighted by Crippen LogP contribution is 2.13. The van der Waals surface area contributed by atoms with Crippen molar-refractivity contribution in [2.45, 2.75) is 12.3 Å². The quantitative estimate of drug-likeness (QED) is 0.519. The normalized spacial score (nSPS) is 14.4. The van der Waals surface area contributed by atoms with E-state index in [4.69, 9.17) is 9.84 Å². The van der Waals surface area contributed by atoms with E-state index in [0.717, 1.165) is 5.56 Å². The topological polar surface area (TPSA) is 58.6 Å². The van der Waals surface area contributed by atoms with Gasteiger partial charge in [0.2, 0.25) is 0 Å². The van der Waals surface area contributed by atoms with Crippen LogP contribution in [-0.2, 0) is 9.53 Å². The van der Waals surface area contributed by atoms with Gasteiger partial charge in [-0.15, -0.1) is 0 Å². The number of nitrogens with one attached hydrogen (secondary N) is 1. The Morgan fingerprint density at radius 1 is 1.50 bits per heavy atom. The number of carboxylic acids is 1. The Labute approximate surface area is 100 Å². The van der Waals surface area contributed by atoms with E-state index in [9.17, 15) is 4.79 Å². The first-order valence-electron chi connectivity index (χ1n) is 4.86. The third-order valence-corrected chi connectivity index (χ3v) is 2.54. The molecule has 0 spiro atoms. The van der Waals surface area contributed by atoms with Crippen LogP contribution in [0.25, 0.3) is 0 Å². The minimum absolute atomic E-state index is 0.210. The lowest BCUT2D eigenvalue weighted by molar-refractivity contribution is -0.140. The van der Waals surface area contributed by atoms with Gasteiger partial charge in [-0.05, 0) is 5.56 Å². The molecular weight excluding hydrogens is 226 g/mol. The Bertz CT molecular complexity index is 331. The zero-order valence-electron chi connectivity index (χ0n) is 8.96. The molecule has 1 unspecified atom stereocenters. The number of methoxy groups -OCH3 is 1. The van der Waals surface area contributed by atoms with E-state index < -0.39 is 18.2 Å². The summed E-state index contributed by atoms with van der Waals surface area (Å²) in [5.74, 6) is -0.727. The van der Waals surface area contributed by atoms with Crippen LogP contribution in [0.2, 0.25) is 0 Å². The summed E-state index contributed by atoms with van der Waals surface area (Å²) in [5.41, 5.74) is 0.887. The largest absolute Gasteiger partial charge is 0.480 e. The van der Waals surface area contributed by atoms with Gasteiger partial charge in [0.1, 0.15) is 12.3 Å². The molecule has 0 radical (unpaired) electrons. The SMILES string of the molecule is COC(N[C@H](CS)C(=O)O)c1ccccc1. The molecular formula is C11H15NO3S. The highest BCUT2D eigenvalue weighted by Gasteiger charge is 2.20. The maximum absolute atomic E-state index is 10.8. The molecule has 0 aliphatic heterocycles. The van der Waals surface area contributed by atoms with Crippen molar-refractivity contribution >= 4 is 18.6 Å². The lowest BCUT2D eigenvalue weighted by Gasteiger charge is -2.21. The van der Waals surface area contributed by atoms with Crippen LogP contribution in [0.15, 0.2) is 30.3 Å². The molecule has 5 heteroatoms. The second kappa shape index (κ2) is 6.52. The van der Waals surface area contributed by atoms with Crippen molar-refractivity contribution in [1.82, 2.24) is 5.32 Å². The van der Waals surface area contributed by atoms with E-state index in [1.54, 1.807) is 0 Å². The van der Waals surface area contributed by atoms with Crippen molar-refractivity contribution in [3.05, 3.63) is 35.9 Å². The molecule has 0 saturated carbocycles. The minimum atomic E-state index is -0.937. The summed E-state index contributed by atoms with van der Waals surface area (Å²) in [6.07, 6.45) is -0.436. The Morgan fingerprint density at radius 3 is 2.56 bits per heavy atom. The first-order valence-corrected chi connectivity index (χ1v) is 5.49. The number of thiol groups is 1. The van der Waals surface area contributed by atoms with Crippen LogP contribution in [0.3, 0.4) is 0 Å². The second-order valence-corrected chi connectivity index (χ2v) is 3.63. The Hall–Kier alpha value is -1.04. The molecule has 88 valence electrons. The van der Waals surface area contributed by atoms with Crippen LogP contribution < -0.4 is 5.32 Å². The zero-order valence-corrected chi connectivity index (χ0v) is 9.85. The fourth-order valence-electron chi connectivity index (χ4n) is 1.31. The maximum atomic E-state index is 10.8. The molecule has 0 aliphatic carbocycles. The number of hydrogen-bond acceptors (Lipinski definition) is 4. The lowest BCUT2D eigenvalue weighted by atomic mass is 10.2. The van der Waals surface area contributed by atoms with E-state index >= 15 is 0 Å². The summed E-state index contributed by atoms with van der Waals surface area (Å²) in [6.45, 7) is 0.